The number of hydrogen-bond donors (Lipinski definition) is 2. The molecule has 1 saturated heterocycles. The van der Waals surface area contributed by atoms with E-state index < -0.39 is 11.9 Å². The van der Waals surface area contributed by atoms with E-state index in [-0.39, 0.29) is 12.5 Å². The molecular formula is C22H24N2O3. The minimum Gasteiger partial charge on any atom is -0.460 e. The van der Waals surface area contributed by atoms with E-state index in [1.807, 2.05) is 36.5 Å². The second-order valence-corrected chi connectivity index (χ2v) is 6.60. The first kappa shape index (κ1) is 18.7. The van der Waals surface area contributed by atoms with Crippen LogP contribution < -0.4 is 5.32 Å². The smallest absolute Gasteiger partial charge is 0.318 e. The molecule has 0 unspecified atom stereocenters. The van der Waals surface area contributed by atoms with Gasteiger partial charge in [-0.3, -0.25) is 9.59 Å². The molecule has 1 fully saturated rings. The summed E-state index contributed by atoms with van der Waals surface area (Å²) in [6.45, 7) is 2.99. The number of aromatic nitrogens is 1. The molecule has 1 atom stereocenters. The zero-order valence-electron chi connectivity index (χ0n) is 15.4. The lowest BCUT2D eigenvalue weighted by Crippen LogP contribution is -2.41. The Bertz CT molecular complexity index is 902. The summed E-state index contributed by atoms with van der Waals surface area (Å²) in [4.78, 5) is 26.3. The number of esters is 1. The Morgan fingerprint density at radius 1 is 1.11 bits per heavy atom. The highest BCUT2D eigenvalue weighted by atomic mass is 16.5. The number of aromatic amines is 1. The zero-order valence-corrected chi connectivity index (χ0v) is 15.4. The lowest BCUT2D eigenvalue weighted by atomic mass is 9.99. The lowest BCUT2D eigenvalue weighted by Gasteiger charge is -2.20. The Balaban J connectivity index is 0.000000177. The van der Waals surface area contributed by atoms with E-state index in [2.05, 4.69) is 41.5 Å². The molecule has 2 N–H and O–H groups in total. The van der Waals surface area contributed by atoms with Gasteiger partial charge in [0.2, 0.25) is 5.91 Å². The Hall–Kier alpha value is -3.08. The number of hydrogen-bond acceptors (Lipinski definition) is 3. The molecule has 1 amide bonds. The first-order chi connectivity index (χ1) is 13.1. The van der Waals surface area contributed by atoms with Crippen LogP contribution in [0.1, 0.15) is 24.0 Å². The van der Waals surface area contributed by atoms with Crippen LogP contribution in [0.25, 0.3) is 10.9 Å². The van der Waals surface area contributed by atoms with E-state index in [4.69, 9.17) is 4.74 Å². The minimum atomic E-state index is -0.632. The summed E-state index contributed by atoms with van der Waals surface area (Å²) in [5, 5.41) is 3.96. The fourth-order valence-corrected chi connectivity index (χ4v) is 3.07. The van der Waals surface area contributed by atoms with Crippen molar-refractivity contribution in [2.45, 2.75) is 26.4 Å². The van der Waals surface area contributed by atoms with Gasteiger partial charge in [-0.15, -0.1) is 0 Å². The predicted molar refractivity (Wildman–Crippen MR) is 105 cm³/mol. The number of carbonyl (C=O) groups is 2. The summed E-state index contributed by atoms with van der Waals surface area (Å²) in [5.74, 6) is -1.27. The molecule has 0 spiro atoms. The fourth-order valence-electron chi connectivity index (χ4n) is 3.07. The normalized spacial score (nSPS) is 16.2. The van der Waals surface area contributed by atoms with E-state index in [0.29, 0.717) is 13.0 Å². The molecule has 0 bridgehead atoms. The van der Waals surface area contributed by atoms with Crippen molar-refractivity contribution in [3.63, 3.8) is 0 Å². The summed E-state index contributed by atoms with van der Waals surface area (Å²) >= 11 is 0. The van der Waals surface area contributed by atoms with Crippen LogP contribution in [0.5, 0.6) is 0 Å². The maximum absolute atomic E-state index is 11.7. The van der Waals surface area contributed by atoms with Gasteiger partial charge in [0.05, 0.1) is 0 Å². The number of carbonyl (C=O) groups excluding carboxylic acids is 2. The summed E-state index contributed by atoms with van der Waals surface area (Å²) in [6.07, 6.45) is 3.38. The molecule has 0 radical (unpaired) electrons. The third-order valence-electron chi connectivity index (χ3n) is 4.59. The van der Waals surface area contributed by atoms with Crippen LogP contribution in [0.4, 0.5) is 0 Å². The minimum absolute atomic E-state index is 0.214. The summed E-state index contributed by atoms with van der Waals surface area (Å²) < 4.78 is 5.14. The number of aryl methyl sites for hydroxylation is 1. The maximum Gasteiger partial charge on any atom is 0.318 e. The van der Waals surface area contributed by atoms with Crippen LogP contribution in [-0.2, 0) is 20.9 Å². The molecule has 4 rings (SSSR count). The van der Waals surface area contributed by atoms with E-state index in [0.717, 1.165) is 12.0 Å². The van der Waals surface area contributed by atoms with Gasteiger partial charge in [0, 0.05) is 18.3 Å². The second-order valence-electron chi connectivity index (χ2n) is 6.60. The molecule has 0 saturated carbocycles. The third kappa shape index (κ3) is 4.97. The number of nitrogens with one attached hydrogen (secondary N) is 2. The molecule has 3 aromatic rings. The van der Waals surface area contributed by atoms with Gasteiger partial charge in [-0.25, -0.2) is 0 Å². The van der Waals surface area contributed by atoms with E-state index in [1.54, 1.807) is 0 Å². The number of H-pyrrole nitrogens is 1. The molecule has 1 aromatic heterocycles. The Labute approximate surface area is 158 Å². The quantitative estimate of drug-likeness (QED) is 0.549. The molecule has 2 heterocycles. The molecule has 5 heteroatoms. The van der Waals surface area contributed by atoms with E-state index >= 15 is 0 Å². The monoisotopic (exact) mass is 364 g/mol. The van der Waals surface area contributed by atoms with Crippen molar-refractivity contribution < 1.29 is 14.3 Å². The molecule has 0 aliphatic carbocycles. The van der Waals surface area contributed by atoms with Crippen molar-refractivity contribution in [2.24, 2.45) is 5.92 Å². The van der Waals surface area contributed by atoms with Crippen LogP contribution in [0, 0.1) is 12.8 Å². The van der Waals surface area contributed by atoms with Gasteiger partial charge in [0.1, 0.15) is 12.5 Å². The molecule has 1 aliphatic heterocycles. The lowest BCUT2D eigenvalue weighted by molar-refractivity contribution is -0.154. The van der Waals surface area contributed by atoms with Crippen LogP contribution in [0.3, 0.4) is 0 Å². The predicted octanol–water partition coefficient (Wildman–Crippen LogP) is 3.73. The Kier molecular flexibility index (Phi) is 6.26. The van der Waals surface area contributed by atoms with Crippen LogP contribution in [0.2, 0.25) is 0 Å². The maximum atomic E-state index is 11.7. The molecule has 5 nitrogen and oxygen atoms in total. The highest BCUT2D eigenvalue weighted by Gasteiger charge is 2.30. The molecular weight excluding hydrogens is 340 g/mol. The fraction of sp³-hybridized carbons (Fsp3) is 0.273. The van der Waals surface area contributed by atoms with Crippen molar-refractivity contribution >= 4 is 22.8 Å². The van der Waals surface area contributed by atoms with Crippen molar-refractivity contribution in [3.05, 3.63) is 71.9 Å². The van der Waals surface area contributed by atoms with Crippen LogP contribution in [-0.4, -0.2) is 23.4 Å². The average Bonchev–Trinajstić information content (AvgIpc) is 3.18. The first-order valence-electron chi connectivity index (χ1n) is 9.16. The number of amides is 1. The van der Waals surface area contributed by atoms with E-state index in [9.17, 15) is 9.59 Å². The number of rotatable bonds is 3. The van der Waals surface area contributed by atoms with Gasteiger partial charge in [-0.05, 0) is 42.3 Å². The van der Waals surface area contributed by atoms with Gasteiger partial charge >= 0.3 is 5.97 Å². The van der Waals surface area contributed by atoms with Crippen LogP contribution >= 0.6 is 0 Å². The second kappa shape index (κ2) is 9.03. The molecule has 1 aliphatic rings. The summed E-state index contributed by atoms with van der Waals surface area (Å²) in [6, 6.07) is 17.8. The number of para-hydroxylation sites is 1. The Morgan fingerprint density at radius 3 is 2.67 bits per heavy atom. The standard InChI is InChI=1S/C13H15NO3.C9H9N/c15-12-11(7-4-8-14-12)13(16)17-9-10-5-2-1-3-6-10;1-7-3-2-4-8-5-6-10-9(7)8/h1-3,5-6,11H,4,7-9H2,(H,14,15);2-6,10H,1H3/t11-;/m1./s1. The SMILES string of the molecule is Cc1cccc2cc[nH]c12.O=C1NCCC[C@H]1C(=O)OCc1ccccc1. The average molecular weight is 364 g/mol. The number of benzene rings is 2. The van der Waals surface area contributed by atoms with Crippen molar-refractivity contribution in [1.82, 2.24) is 10.3 Å². The highest BCUT2D eigenvalue weighted by molar-refractivity contribution is 5.98. The third-order valence-corrected chi connectivity index (χ3v) is 4.59. The summed E-state index contributed by atoms with van der Waals surface area (Å²) in [7, 11) is 0. The van der Waals surface area contributed by atoms with Crippen LogP contribution in [0.15, 0.2) is 60.8 Å². The summed E-state index contributed by atoms with van der Waals surface area (Å²) in [5.41, 5.74) is 3.49. The highest BCUT2D eigenvalue weighted by Crippen LogP contribution is 2.15. The molecule has 2 aromatic carbocycles. The van der Waals surface area contributed by atoms with Gasteiger partial charge in [0.25, 0.3) is 0 Å². The van der Waals surface area contributed by atoms with Gasteiger partial charge < -0.3 is 15.0 Å². The Morgan fingerprint density at radius 2 is 1.93 bits per heavy atom. The van der Waals surface area contributed by atoms with Crippen molar-refractivity contribution in [3.8, 4) is 0 Å². The van der Waals surface area contributed by atoms with Gasteiger partial charge in [0.15, 0.2) is 0 Å². The number of piperidine rings is 1. The zero-order chi connectivity index (χ0) is 19.1. The molecule has 27 heavy (non-hydrogen) atoms. The topological polar surface area (TPSA) is 71.2 Å². The number of fused-ring (bicyclic) bond motifs is 1. The van der Waals surface area contributed by atoms with Gasteiger partial charge in [-0.1, -0.05) is 48.5 Å². The first-order valence-corrected chi connectivity index (χ1v) is 9.16. The van der Waals surface area contributed by atoms with Crippen molar-refractivity contribution in [1.29, 1.82) is 0 Å². The van der Waals surface area contributed by atoms with Crippen molar-refractivity contribution in [2.75, 3.05) is 6.54 Å². The van der Waals surface area contributed by atoms with E-state index in [1.165, 1.54) is 16.5 Å². The van der Waals surface area contributed by atoms with Gasteiger partial charge in [-0.2, -0.15) is 0 Å². The number of ether oxygens (including phenoxy) is 1. The molecule has 140 valence electrons. The largest absolute Gasteiger partial charge is 0.460 e.